The first-order valence-electron chi connectivity index (χ1n) is 9.59. The fourth-order valence-corrected chi connectivity index (χ4v) is 3.66. The lowest BCUT2D eigenvalue weighted by Crippen LogP contribution is -2.29. The van der Waals surface area contributed by atoms with Gasteiger partial charge in [0, 0.05) is 17.3 Å². The summed E-state index contributed by atoms with van der Waals surface area (Å²) >= 11 is 0. The van der Waals surface area contributed by atoms with E-state index in [2.05, 4.69) is 0 Å². The molecule has 3 aromatic rings. The molecule has 1 saturated heterocycles. The Morgan fingerprint density at radius 2 is 1.71 bits per heavy atom. The molecule has 0 radical (unpaired) electrons. The van der Waals surface area contributed by atoms with Crippen LogP contribution in [0.3, 0.4) is 0 Å². The van der Waals surface area contributed by atoms with Crippen molar-refractivity contribution < 1.29 is 28.6 Å². The maximum absolute atomic E-state index is 13.1. The van der Waals surface area contributed by atoms with Crippen LogP contribution in [0, 0.1) is 6.92 Å². The van der Waals surface area contributed by atoms with E-state index in [0.29, 0.717) is 28.5 Å². The van der Waals surface area contributed by atoms with Crippen LogP contribution in [0.25, 0.3) is 5.76 Å². The second-order valence-corrected chi connectivity index (χ2v) is 7.09. The minimum Gasteiger partial charge on any atom is -0.507 e. The van der Waals surface area contributed by atoms with Gasteiger partial charge in [-0.05, 0) is 31.2 Å². The van der Waals surface area contributed by atoms with E-state index in [4.69, 9.17) is 13.9 Å². The van der Waals surface area contributed by atoms with Crippen LogP contribution in [0.5, 0.6) is 11.5 Å². The first-order valence-corrected chi connectivity index (χ1v) is 9.59. The van der Waals surface area contributed by atoms with Crippen LogP contribution in [0.15, 0.2) is 70.9 Å². The summed E-state index contributed by atoms with van der Waals surface area (Å²) in [6.45, 7) is 1.92. The number of furan rings is 1. The van der Waals surface area contributed by atoms with Crippen LogP contribution in [-0.2, 0) is 9.59 Å². The fourth-order valence-electron chi connectivity index (χ4n) is 3.66. The molecule has 0 aliphatic carbocycles. The molecule has 2 aromatic carbocycles. The van der Waals surface area contributed by atoms with E-state index in [1.54, 1.807) is 42.5 Å². The van der Waals surface area contributed by atoms with Gasteiger partial charge in [-0.15, -0.1) is 0 Å². The average Bonchev–Trinajstić information content (AvgIpc) is 3.40. The normalized spacial score (nSPS) is 17.8. The number of ether oxygens (including phenoxy) is 2. The van der Waals surface area contributed by atoms with Crippen molar-refractivity contribution in [3.8, 4) is 11.5 Å². The van der Waals surface area contributed by atoms with Crippen molar-refractivity contribution in [2.75, 3.05) is 19.1 Å². The van der Waals surface area contributed by atoms with Crippen molar-refractivity contribution in [3.63, 3.8) is 0 Å². The highest BCUT2D eigenvalue weighted by atomic mass is 16.5. The van der Waals surface area contributed by atoms with E-state index < -0.39 is 17.7 Å². The zero-order chi connectivity index (χ0) is 22.1. The van der Waals surface area contributed by atoms with Crippen molar-refractivity contribution in [2.45, 2.75) is 13.0 Å². The van der Waals surface area contributed by atoms with E-state index in [0.717, 1.165) is 5.56 Å². The third kappa shape index (κ3) is 3.44. The van der Waals surface area contributed by atoms with E-state index in [1.807, 2.05) is 19.1 Å². The molecule has 1 N–H and O–H groups in total. The Bertz CT molecular complexity index is 1160. The minimum absolute atomic E-state index is 0.0430. The van der Waals surface area contributed by atoms with Crippen LogP contribution in [0.1, 0.15) is 22.9 Å². The van der Waals surface area contributed by atoms with E-state index in [-0.39, 0.29) is 11.3 Å². The number of Topliss-reactive ketones (excluding diaryl/α,β-unsaturated/α-hetero) is 1. The number of aliphatic hydroxyl groups excluding tert-OH is 1. The lowest BCUT2D eigenvalue weighted by molar-refractivity contribution is -0.132. The number of benzene rings is 2. The van der Waals surface area contributed by atoms with E-state index in [1.165, 1.54) is 25.4 Å². The topological polar surface area (TPSA) is 89.2 Å². The number of anilines is 1. The molecule has 7 nitrogen and oxygen atoms in total. The Morgan fingerprint density at radius 1 is 1.00 bits per heavy atom. The summed E-state index contributed by atoms with van der Waals surface area (Å²) < 4.78 is 16.2. The lowest BCUT2D eigenvalue weighted by atomic mass is 9.98. The van der Waals surface area contributed by atoms with Crippen LogP contribution in [0.2, 0.25) is 0 Å². The van der Waals surface area contributed by atoms with Crippen LogP contribution < -0.4 is 14.4 Å². The van der Waals surface area contributed by atoms with Gasteiger partial charge >= 0.3 is 0 Å². The molecule has 31 heavy (non-hydrogen) atoms. The summed E-state index contributed by atoms with van der Waals surface area (Å²) in [4.78, 5) is 27.4. The quantitative estimate of drug-likeness (QED) is 0.378. The van der Waals surface area contributed by atoms with E-state index >= 15 is 0 Å². The molecule has 158 valence electrons. The highest BCUT2D eigenvalue weighted by Crippen LogP contribution is 2.44. The van der Waals surface area contributed by atoms with Crippen LogP contribution in [0.4, 0.5) is 5.69 Å². The number of aryl methyl sites for hydroxylation is 1. The van der Waals surface area contributed by atoms with Crippen molar-refractivity contribution >= 4 is 23.1 Å². The number of hydrogen-bond donors (Lipinski definition) is 1. The first kappa shape index (κ1) is 20.3. The van der Waals surface area contributed by atoms with Gasteiger partial charge < -0.3 is 19.0 Å². The molecule has 1 aromatic heterocycles. The molecule has 1 atom stereocenters. The molecule has 1 unspecified atom stereocenters. The average molecular weight is 419 g/mol. The number of methoxy groups -OCH3 is 2. The van der Waals surface area contributed by atoms with Gasteiger partial charge in [-0.1, -0.05) is 29.8 Å². The minimum atomic E-state index is -0.936. The number of aliphatic hydroxyl groups is 1. The van der Waals surface area contributed by atoms with Gasteiger partial charge in [0.1, 0.15) is 17.6 Å². The number of carbonyl (C=O) groups is 2. The fraction of sp³-hybridized carbons (Fsp3) is 0.167. The van der Waals surface area contributed by atoms with Crippen LogP contribution in [-0.4, -0.2) is 31.0 Å². The molecular weight excluding hydrogens is 398 g/mol. The molecule has 0 bridgehead atoms. The highest BCUT2D eigenvalue weighted by molar-refractivity contribution is 6.51. The largest absolute Gasteiger partial charge is 0.507 e. The Labute approximate surface area is 179 Å². The monoisotopic (exact) mass is 419 g/mol. The summed E-state index contributed by atoms with van der Waals surface area (Å²) in [6.07, 6.45) is 1.45. The predicted molar refractivity (Wildman–Crippen MR) is 114 cm³/mol. The summed E-state index contributed by atoms with van der Waals surface area (Å²) in [7, 11) is 2.99. The summed E-state index contributed by atoms with van der Waals surface area (Å²) in [5.74, 6) is -0.599. The van der Waals surface area contributed by atoms with Gasteiger partial charge in [-0.25, -0.2) is 0 Å². The van der Waals surface area contributed by atoms with Crippen molar-refractivity contribution in [1.82, 2.24) is 0 Å². The van der Waals surface area contributed by atoms with Crippen molar-refractivity contribution in [2.24, 2.45) is 0 Å². The predicted octanol–water partition coefficient (Wildman–Crippen LogP) is 4.23. The van der Waals surface area contributed by atoms with Crippen molar-refractivity contribution in [3.05, 3.63) is 83.3 Å². The molecule has 7 heteroatoms. The third-order valence-electron chi connectivity index (χ3n) is 5.23. The Balaban J connectivity index is 1.90. The summed E-state index contributed by atoms with van der Waals surface area (Å²) in [5, 5.41) is 11.0. The zero-order valence-corrected chi connectivity index (χ0v) is 17.3. The molecule has 0 saturated carbocycles. The van der Waals surface area contributed by atoms with Gasteiger partial charge in [-0.2, -0.15) is 0 Å². The van der Waals surface area contributed by atoms with Crippen molar-refractivity contribution in [1.29, 1.82) is 0 Å². The lowest BCUT2D eigenvalue weighted by Gasteiger charge is -2.24. The molecule has 2 heterocycles. The molecule has 1 amide bonds. The van der Waals surface area contributed by atoms with Gasteiger partial charge in [0.2, 0.25) is 0 Å². The number of carbonyl (C=O) groups excluding carboxylic acids is 2. The summed E-state index contributed by atoms with van der Waals surface area (Å²) in [6, 6.07) is 14.3. The molecule has 1 fully saturated rings. The number of rotatable bonds is 5. The standard InChI is InChI=1S/C24H21NO6/c1-14-6-8-15(9-7-14)22(26)20-21(18-5-4-12-31-18)25(24(28)23(20)27)16-10-11-17(29-2)19(13-16)30-3/h4-13,21,26H,1-3H3/b22-20-. The third-order valence-corrected chi connectivity index (χ3v) is 5.23. The Kier molecular flexibility index (Phi) is 5.25. The van der Waals surface area contributed by atoms with Gasteiger partial charge in [-0.3, -0.25) is 14.5 Å². The van der Waals surface area contributed by atoms with Gasteiger partial charge in [0.25, 0.3) is 11.7 Å². The SMILES string of the molecule is COc1ccc(N2C(=O)C(=O)/C(=C(\O)c3ccc(C)cc3)C2c2ccco2)cc1OC. The Morgan fingerprint density at radius 3 is 2.32 bits per heavy atom. The number of nitrogens with zero attached hydrogens (tertiary/aromatic N) is 1. The number of hydrogen-bond acceptors (Lipinski definition) is 6. The van der Waals surface area contributed by atoms with E-state index in [9.17, 15) is 14.7 Å². The highest BCUT2D eigenvalue weighted by Gasteiger charge is 2.48. The molecule has 0 spiro atoms. The maximum Gasteiger partial charge on any atom is 0.300 e. The second kappa shape index (κ2) is 8.02. The zero-order valence-electron chi connectivity index (χ0n) is 17.3. The molecule has 1 aliphatic heterocycles. The molecular formula is C24H21NO6. The molecule has 4 rings (SSSR count). The Hall–Kier alpha value is -4.00. The van der Waals surface area contributed by atoms with Gasteiger partial charge in [0.05, 0.1) is 26.1 Å². The van der Waals surface area contributed by atoms with Crippen LogP contribution >= 0.6 is 0 Å². The first-order chi connectivity index (χ1) is 15.0. The smallest absolute Gasteiger partial charge is 0.300 e. The number of amides is 1. The second-order valence-electron chi connectivity index (χ2n) is 7.09. The maximum atomic E-state index is 13.1. The number of ketones is 1. The van der Waals surface area contributed by atoms with Gasteiger partial charge in [0.15, 0.2) is 11.5 Å². The molecule has 1 aliphatic rings. The summed E-state index contributed by atoms with van der Waals surface area (Å²) in [5.41, 5.74) is 1.81.